The Hall–Kier alpha value is -0.400. The molecule has 1 atom stereocenters. The molecular weight excluding hydrogens is 407 g/mol. The molecule has 1 aromatic heterocycles. The predicted octanol–water partition coefficient (Wildman–Crippen LogP) is 3.74. The summed E-state index contributed by atoms with van der Waals surface area (Å²) in [6.07, 6.45) is 4.05. The topological polar surface area (TPSA) is 38.0 Å². The molecule has 0 aliphatic rings. The van der Waals surface area contributed by atoms with Gasteiger partial charge in [0, 0.05) is 26.3 Å². The van der Waals surface area contributed by atoms with Crippen LogP contribution in [-0.2, 0) is 6.54 Å². The molecule has 1 aromatic carbocycles. The molecule has 0 radical (unpaired) electrons. The van der Waals surface area contributed by atoms with Gasteiger partial charge in [-0.3, -0.25) is 4.68 Å². The van der Waals surface area contributed by atoms with Gasteiger partial charge in [0.05, 0.1) is 6.20 Å². The van der Waals surface area contributed by atoms with Crippen LogP contribution in [-0.4, -0.2) is 14.9 Å². The summed E-state index contributed by atoms with van der Waals surface area (Å²) in [6, 6.07) is 5.90. The zero-order valence-electron chi connectivity index (χ0n) is 9.98. The lowest BCUT2D eigenvalue weighted by Gasteiger charge is -2.11. The van der Waals surface area contributed by atoms with Crippen molar-refractivity contribution in [3.8, 4) is 0 Å². The van der Waals surface area contributed by atoms with Gasteiger partial charge in [0.1, 0.15) is 6.10 Å². The van der Waals surface area contributed by atoms with E-state index in [-0.39, 0.29) is 0 Å². The van der Waals surface area contributed by atoms with E-state index in [4.69, 9.17) is 0 Å². The lowest BCUT2D eigenvalue weighted by atomic mass is 10.1. The largest absolute Gasteiger partial charge is 0.384 e. The number of benzene rings is 1. The first-order valence-corrected chi connectivity index (χ1v) is 7.64. The van der Waals surface area contributed by atoms with Gasteiger partial charge in [0.25, 0.3) is 0 Å². The minimum Gasteiger partial charge on any atom is -0.384 e. The Balaban J connectivity index is 2.29. The maximum atomic E-state index is 10.4. The standard InChI is InChI=1S/C13H14BrIN2O/c1-2-5-17-8-9(7-16-17)13(18)11-6-10(14)3-4-12(11)15/h3-4,6-8,13,18H,2,5H2,1H3. The number of aryl methyl sites for hydroxylation is 1. The molecular formula is C13H14BrIN2O. The van der Waals surface area contributed by atoms with Crippen molar-refractivity contribution in [3.63, 3.8) is 0 Å². The van der Waals surface area contributed by atoms with Crippen LogP contribution >= 0.6 is 38.5 Å². The molecule has 0 aliphatic carbocycles. The maximum absolute atomic E-state index is 10.4. The van der Waals surface area contributed by atoms with Gasteiger partial charge in [0.2, 0.25) is 0 Å². The van der Waals surface area contributed by atoms with Gasteiger partial charge in [-0.2, -0.15) is 5.10 Å². The molecule has 1 heterocycles. The van der Waals surface area contributed by atoms with E-state index in [0.29, 0.717) is 0 Å². The van der Waals surface area contributed by atoms with Gasteiger partial charge >= 0.3 is 0 Å². The minimum atomic E-state index is -0.625. The number of hydrogen-bond acceptors (Lipinski definition) is 2. The number of aliphatic hydroxyl groups excluding tert-OH is 1. The molecule has 0 fully saturated rings. The summed E-state index contributed by atoms with van der Waals surface area (Å²) in [5.41, 5.74) is 1.74. The number of halogens is 2. The van der Waals surface area contributed by atoms with Crippen molar-refractivity contribution >= 4 is 38.5 Å². The molecule has 0 spiro atoms. The summed E-state index contributed by atoms with van der Waals surface area (Å²) >= 11 is 5.67. The van der Waals surface area contributed by atoms with E-state index in [1.807, 2.05) is 29.1 Å². The number of rotatable bonds is 4. The third kappa shape index (κ3) is 3.13. The molecule has 0 bridgehead atoms. The Morgan fingerprint density at radius 2 is 2.28 bits per heavy atom. The Morgan fingerprint density at radius 1 is 1.50 bits per heavy atom. The van der Waals surface area contributed by atoms with Crippen molar-refractivity contribution in [1.29, 1.82) is 0 Å². The van der Waals surface area contributed by atoms with Gasteiger partial charge in [-0.05, 0) is 52.8 Å². The molecule has 18 heavy (non-hydrogen) atoms. The molecule has 3 nitrogen and oxygen atoms in total. The lowest BCUT2D eigenvalue weighted by molar-refractivity contribution is 0.219. The van der Waals surface area contributed by atoms with Crippen molar-refractivity contribution in [1.82, 2.24) is 9.78 Å². The molecule has 96 valence electrons. The smallest absolute Gasteiger partial charge is 0.108 e. The van der Waals surface area contributed by atoms with Crippen LogP contribution in [0.4, 0.5) is 0 Å². The molecule has 0 saturated carbocycles. The zero-order valence-corrected chi connectivity index (χ0v) is 13.7. The van der Waals surface area contributed by atoms with E-state index in [0.717, 1.165) is 32.1 Å². The second kappa shape index (κ2) is 6.16. The predicted molar refractivity (Wildman–Crippen MR) is 83.4 cm³/mol. The first kappa shape index (κ1) is 14.0. The fourth-order valence-corrected chi connectivity index (χ4v) is 2.79. The summed E-state index contributed by atoms with van der Waals surface area (Å²) in [5.74, 6) is 0. The highest BCUT2D eigenvalue weighted by Crippen LogP contribution is 2.28. The fraction of sp³-hybridized carbons (Fsp3) is 0.308. The van der Waals surface area contributed by atoms with E-state index >= 15 is 0 Å². The number of aromatic nitrogens is 2. The maximum Gasteiger partial charge on any atom is 0.108 e. The lowest BCUT2D eigenvalue weighted by Crippen LogP contribution is -2.01. The molecule has 2 rings (SSSR count). The fourth-order valence-electron chi connectivity index (χ4n) is 1.78. The quantitative estimate of drug-likeness (QED) is 0.765. The van der Waals surface area contributed by atoms with Crippen LogP contribution < -0.4 is 0 Å². The molecule has 1 unspecified atom stereocenters. The normalized spacial score (nSPS) is 12.7. The molecule has 0 saturated heterocycles. The van der Waals surface area contributed by atoms with Crippen LogP contribution in [0.3, 0.4) is 0 Å². The van der Waals surface area contributed by atoms with Crippen LogP contribution in [0, 0.1) is 3.57 Å². The summed E-state index contributed by atoms with van der Waals surface area (Å²) in [7, 11) is 0. The molecule has 0 amide bonds. The van der Waals surface area contributed by atoms with Crippen molar-refractivity contribution in [3.05, 3.63) is 49.8 Å². The number of hydrogen-bond donors (Lipinski definition) is 1. The highest BCUT2D eigenvalue weighted by atomic mass is 127. The van der Waals surface area contributed by atoms with Gasteiger partial charge in [-0.25, -0.2) is 0 Å². The highest BCUT2D eigenvalue weighted by molar-refractivity contribution is 14.1. The zero-order chi connectivity index (χ0) is 13.1. The summed E-state index contributed by atoms with van der Waals surface area (Å²) in [5, 5.41) is 14.6. The van der Waals surface area contributed by atoms with Crippen LogP contribution in [0.2, 0.25) is 0 Å². The van der Waals surface area contributed by atoms with Crippen LogP contribution in [0.25, 0.3) is 0 Å². The Bertz CT molecular complexity index is 542. The first-order chi connectivity index (χ1) is 8.61. The average molecular weight is 421 g/mol. The third-order valence-corrected chi connectivity index (χ3v) is 4.15. The third-order valence-electron chi connectivity index (χ3n) is 2.67. The SMILES string of the molecule is CCCn1cc(C(O)c2cc(Br)ccc2I)cn1. The second-order valence-corrected chi connectivity index (χ2v) is 6.18. The average Bonchev–Trinajstić information content (AvgIpc) is 2.80. The van der Waals surface area contributed by atoms with Crippen LogP contribution in [0.15, 0.2) is 35.1 Å². The van der Waals surface area contributed by atoms with E-state index in [2.05, 4.69) is 50.5 Å². The van der Waals surface area contributed by atoms with Gasteiger partial charge in [-0.15, -0.1) is 0 Å². The Kier molecular flexibility index (Phi) is 4.80. The summed E-state index contributed by atoms with van der Waals surface area (Å²) < 4.78 is 3.88. The van der Waals surface area contributed by atoms with Crippen LogP contribution in [0.1, 0.15) is 30.6 Å². The summed E-state index contributed by atoms with van der Waals surface area (Å²) in [6.45, 7) is 2.98. The van der Waals surface area contributed by atoms with Crippen molar-refractivity contribution in [2.45, 2.75) is 26.0 Å². The molecule has 5 heteroatoms. The van der Waals surface area contributed by atoms with Crippen molar-refractivity contribution in [2.24, 2.45) is 0 Å². The second-order valence-electron chi connectivity index (χ2n) is 4.11. The van der Waals surface area contributed by atoms with Crippen molar-refractivity contribution < 1.29 is 5.11 Å². The van der Waals surface area contributed by atoms with Gasteiger partial charge in [0.15, 0.2) is 0 Å². The monoisotopic (exact) mass is 420 g/mol. The van der Waals surface area contributed by atoms with E-state index in [1.165, 1.54) is 0 Å². The Labute approximate surface area is 128 Å². The Morgan fingerprint density at radius 3 is 3.00 bits per heavy atom. The minimum absolute atomic E-state index is 0.625. The number of nitrogens with zero attached hydrogens (tertiary/aromatic N) is 2. The van der Waals surface area contributed by atoms with Crippen LogP contribution in [0.5, 0.6) is 0 Å². The molecule has 0 aliphatic heterocycles. The number of aliphatic hydroxyl groups is 1. The van der Waals surface area contributed by atoms with Crippen molar-refractivity contribution in [2.75, 3.05) is 0 Å². The highest BCUT2D eigenvalue weighted by Gasteiger charge is 2.15. The molecule has 2 aromatic rings. The first-order valence-electron chi connectivity index (χ1n) is 5.77. The summed E-state index contributed by atoms with van der Waals surface area (Å²) in [4.78, 5) is 0. The molecule has 1 N–H and O–H groups in total. The van der Waals surface area contributed by atoms with Gasteiger partial charge < -0.3 is 5.11 Å². The van der Waals surface area contributed by atoms with E-state index in [1.54, 1.807) is 6.20 Å². The van der Waals surface area contributed by atoms with E-state index in [9.17, 15) is 5.11 Å². The van der Waals surface area contributed by atoms with Gasteiger partial charge in [-0.1, -0.05) is 22.9 Å². The van der Waals surface area contributed by atoms with E-state index < -0.39 is 6.10 Å².